The number of benzene rings is 2. The molecule has 0 aliphatic heterocycles. The highest BCUT2D eigenvalue weighted by molar-refractivity contribution is 5.87. The third kappa shape index (κ3) is 3.90. The van der Waals surface area contributed by atoms with Crippen molar-refractivity contribution in [1.29, 1.82) is 0 Å². The summed E-state index contributed by atoms with van der Waals surface area (Å²) in [6.45, 7) is 0.168. The van der Waals surface area contributed by atoms with Gasteiger partial charge >= 0.3 is 5.97 Å². The van der Waals surface area contributed by atoms with Gasteiger partial charge in [-0.3, -0.25) is 4.68 Å². The van der Waals surface area contributed by atoms with Crippen molar-refractivity contribution in [3.05, 3.63) is 77.8 Å². The maximum atomic E-state index is 14.3. The Bertz CT molecular complexity index is 1580. The van der Waals surface area contributed by atoms with Crippen LogP contribution in [0.3, 0.4) is 0 Å². The summed E-state index contributed by atoms with van der Waals surface area (Å²) in [6.07, 6.45) is 3.78. The first-order valence-corrected chi connectivity index (χ1v) is 10.2. The summed E-state index contributed by atoms with van der Waals surface area (Å²) in [5, 5.41) is 27.8. The lowest BCUT2D eigenvalue weighted by Gasteiger charge is -2.13. The smallest absolute Gasteiger partial charge is 0.338 e. The lowest BCUT2D eigenvalue weighted by atomic mass is 10.0. The first-order chi connectivity index (χ1) is 16.9. The molecule has 176 valence electrons. The summed E-state index contributed by atoms with van der Waals surface area (Å²) in [5.41, 5.74) is 1.22. The maximum absolute atomic E-state index is 14.3. The number of hydrogen-bond acceptors (Lipinski definition) is 7. The average Bonchev–Trinajstić information content (AvgIpc) is 3.48. The molecule has 0 aliphatic carbocycles. The number of aromatic nitrogens is 6. The molecule has 0 saturated carbocycles. The first kappa shape index (κ1) is 21.9. The van der Waals surface area contributed by atoms with Gasteiger partial charge in [0.15, 0.2) is 0 Å². The molecule has 0 unspecified atom stereocenters. The summed E-state index contributed by atoms with van der Waals surface area (Å²) >= 11 is 0. The van der Waals surface area contributed by atoms with Crippen LogP contribution >= 0.6 is 0 Å². The van der Waals surface area contributed by atoms with Crippen LogP contribution in [0.5, 0.6) is 11.6 Å². The molecule has 12 heteroatoms. The molecule has 3 heterocycles. The van der Waals surface area contributed by atoms with Crippen molar-refractivity contribution >= 4 is 17.0 Å². The second kappa shape index (κ2) is 8.48. The Labute approximate surface area is 195 Å². The zero-order chi connectivity index (χ0) is 24.7. The van der Waals surface area contributed by atoms with E-state index in [-0.39, 0.29) is 46.3 Å². The fourth-order valence-electron chi connectivity index (χ4n) is 3.70. The van der Waals surface area contributed by atoms with Crippen molar-refractivity contribution in [1.82, 2.24) is 29.5 Å². The van der Waals surface area contributed by atoms with Crippen molar-refractivity contribution in [3.8, 4) is 28.7 Å². The van der Waals surface area contributed by atoms with E-state index in [0.29, 0.717) is 11.1 Å². The van der Waals surface area contributed by atoms with E-state index in [2.05, 4.69) is 20.2 Å². The van der Waals surface area contributed by atoms with Crippen LogP contribution in [0.2, 0.25) is 0 Å². The number of aromatic hydroxyl groups is 1. The van der Waals surface area contributed by atoms with Crippen LogP contribution in [-0.4, -0.2) is 52.8 Å². The zero-order valence-electron chi connectivity index (χ0n) is 18.1. The molecule has 0 aliphatic rings. The van der Waals surface area contributed by atoms with E-state index >= 15 is 0 Å². The zero-order valence-corrected chi connectivity index (χ0v) is 18.1. The van der Waals surface area contributed by atoms with Gasteiger partial charge in [-0.15, -0.1) is 0 Å². The van der Waals surface area contributed by atoms with E-state index in [1.807, 2.05) is 0 Å². The van der Waals surface area contributed by atoms with E-state index in [0.717, 1.165) is 10.9 Å². The SMILES string of the molecule is COc1cc(Cn2ncc3nc(-n4cc(C(=O)O)cn4)nc(O)c32)ccc1-c1c(F)cccc1F. The Balaban J connectivity index is 1.49. The summed E-state index contributed by atoms with van der Waals surface area (Å²) in [7, 11) is 1.40. The predicted octanol–water partition coefficient (Wildman–Crippen LogP) is 3.42. The molecule has 10 nitrogen and oxygen atoms in total. The van der Waals surface area contributed by atoms with Crippen LogP contribution in [0.1, 0.15) is 15.9 Å². The van der Waals surface area contributed by atoms with Gasteiger partial charge in [0.1, 0.15) is 28.4 Å². The van der Waals surface area contributed by atoms with E-state index in [1.54, 1.807) is 18.2 Å². The van der Waals surface area contributed by atoms with E-state index in [9.17, 15) is 18.7 Å². The van der Waals surface area contributed by atoms with Gasteiger partial charge in [0.2, 0.25) is 5.88 Å². The van der Waals surface area contributed by atoms with E-state index < -0.39 is 17.6 Å². The summed E-state index contributed by atoms with van der Waals surface area (Å²) in [5.74, 6) is -2.72. The monoisotopic (exact) mass is 478 g/mol. The Morgan fingerprint density at radius 3 is 2.54 bits per heavy atom. The Hall–Kier alpha value is -4.87. The molecule has 0 amide bonds. The Morgan fingerprint density at radius 1 is 1.09 bits per heavy atom. The topological polar surface area (TPSA) is 128 Å². The highest BCUT2D eigenvalue weighted by Crippen LogP contribution is 2.35. The molecule has 5 rings (SSSR count). The average molecular weight is 478 g/mol. The van der Waals surface area contributed by atoms with Gasteiger partial charge in [-0.2, -0.15) is 15.2 Å². The highest BCUT2D eigenvalue weighted by Gasteiger charge is 2.18. The summed E-state index contributed by atoms with van der Waals surface area (Å²) in [4.78, 5) is 19.4. The Morgan fingerprint density at radius 2 is 1.86 bits per heavy atom. The van der Waals surface area contributed by atoms with Crippen molar-refractivity contribution in [3.63, 3.8) is 0 Å². The molecule has 35 heavy (non-hydrogen) atoms. The van der Waals surface area contributed by atoms with Crippen LogP contribution in [0.25, 0.3) is 28.1 Å². The molecule has 2 N–H and O–H groups in total. The van der Waals surface area contributed by atoms with Crippen LogP contribution in [0.4, 0.5) is 8.78 Å². The fourth-order valence-corrected chi connectivity index (χ4v) is 3.70. The Kier molecular flexibility index (Phi) is 5.32. The van der Waals surface area contributed by atoms with Crippen molar-refractivity contribution in [2.75, 3.05) is 7.11 Å². The lowest BCUT2D eigenvalue weighted by Crippen LogP contribution is -2.05. The van der Waals surface area contributed by atoms with E-state index in [4.69, 9.17) is 9.84 Å². The number of fused-ring (bicyclic) bond motifs is 1. The molecule has 0 radical (unpaired) electrons. The number of carboxylic acids is 1. The third-order valence-corrected chi connectivity index (χ3v) is 5.32. The van der Waals surface area contributed by atoms with Crippen LogP contribution in [0, 0.1) is 11.6 Å². The number of rotatable bonds is 6. The van der Waals surface area contributed by atoms with Gasteiger partial charge in [-0.05, 0) is 23.8 Å². The van der Waals surface area contributed by atoms with Crippen molar-refractivity contribution in [2.24, 2.45) is 0 Å². The molecule has 2 aromatic carbocycles. The molecular formula is C23H16F2N6O4. The molecular weight excluding hydrogens is 462 g/mol. The molecule has 3 aromatic heterocycles. The molecule has 5 aromatic rings. The molecule has 0 saturated heterocycles. The minimum atomic E-state index is -1.16. The lowest BCUT2D eigenvalue weighted by molar-refractivity contribution is 0.0697. The van der Waals surface area contributed by atoms with Gasteiger partial charge in [0.05, 0.1) is 37.2 Å². The summed E-state index contributed by atoms with van der Waals surface area (Å²) < 4.78 is 36.5. The molecule has 0 spiro atoms. The van der Waals surface area contributed by atoms with Gasteiger partial charge in [-0.25, -0.2) is 23.2 Å². The number of aromatic carboxylic acids is 1. The van der Waals surface area contributed by atoms with Crippen molar-refractivity contribution in [2.45, 2.75) is 6.54 Å². The van der Waals surface area contributed by atoms with Gasteiger partial charge in [0, 0.05) is 11.8 Å². The quantitative estimate of drug-likeness (QED) is 0.380. The second-order valence-corrected chi connectivity index (χ2v) is 7.49. The first-order valence-electron chi connectivity index (χ1n) is 10.2. The number of nitrogens with zero attached hydrogens (tertiary/aromatic N) is 6. The number of methoxy groups -OCH3 is 1. The standard InChI is InChI=1S/C23H16F2N6O4/c1-35-18-7-12(5-6-14(18)19-15(24)3-2-4-16(19)25)10-30-20-17(9-27-30)28-23(29-21(20)32)31-11-13(8-26-31)22(33)34/h2-9,11H,10H2,1H3,(H,33,34)(H,28,29,32). The minimum Gasteiger partial charge on any atom is -0.496 e. The predicted molar refractivity (Wildman–Crippen MR) is 119 cm³/mol. The molecule has 0 fully saturated rings. The van der Waals surface area contributed by atoms with Crippen molar-refractivity contribution < 1.29 is 28.5 Å². The summed E-state index contributed by atoms with van der Waals surface area (Å²) in [6, 6.07) is 8.47. The van der Waals surface area contributed by atoms with Gasteiger partial charge < -0.3 is 14.9 Å². The largest absolute Gasteiger partial charge is 0.496 e. The molecule has 0 bridgehead atoms. The number of carboxylic acid groups (broad SMARTS) is 1. The van der Waals surface area contributed by atoms with Crippen LogP contribution in [-0.2, 0) is 6.54 Å². The number of ether oxygens (including phenoxy) is 1. The second-order valence-electron chi connectivity index (χ2n) is 7.49. The van der Waals surface area contributed by atoms with Gasteiger partial charge in [-0.1, -0.05) is 18.2 Å². The minimum absolute atomic E-state index is 0.0278. The maximum Gasteiger partial charge on any atom is 0.338 e. The van der Waals surface area contributed by atoms with Gasteiger partial charge in [0.25, 0.3) is 5.95 Å². The molecule has 0 atom stereocenters. The van der Waals surface area contributed by atoms with Crippen LogP contribution < -0.4 is 4.74 Å². The number of hydrogen-bond donors (Lipinski definition) is 2. The van der Waals surface area contributed by atoms with E-state index in [1.165, 1.54) is 42.4 Å². The highest BCUT2D eigenvalue weighted by atomic mass is 19.1. The third-order valence-electron chi connectivity index (χ3n) is 5.32. The number of carbonyl (C=O) groups is 1. The fraction of sp³-hybridized carbons (Fsp3) is 0.0870. The number of halogens is 2. The normalized spacial score (nSPS) is 11.2. The van der Waals surface area contributed by atoms with Crippen LogP contribution in [0.15, 0.2) is 55.0 Å².